The first-order valence-corrected chi connectivity index (χ1v) is 4.88. The molecule has 0 bridgehead atoms. The lowest BCUT2D eigenvalue weighted by molar-refractivity contribution is -0.138. The molecule has 0 aliphatic rings. The number of carboxylic acid groups (broad SMARTS) is 1. The molecule has 0 atom stereocenters. The first kappa shape index (κ1) is 12.8. The normalized spacial score (nSPS) is 11.3. The Bertz CT molecular complexity index is 431. The Morgan fingerprint density at radius 1 is 1.44 bits per heavy atom. The van der Waals surface area contributed by atoms with E-state index in [9.17, 15) is 18.0 Å². The van der Waals surface area contributed by atoms with Gasteiger partial charge in [0.15, 0.2) is 0 Å². The highest BCUT2D eigenvalue weighted by molar-refractivity contribution is 9.10. The summed E-state index contributed by atoms with van der Waals surface area (Å²) in [6.07, 6.45) is -5.92. The molecule has 0 spiro atoms. The molecule has 3 nitrogen and oxygen atoms in total. The minimum atomic E-state index is -4.51. The lowest BCUT2D eigenvalue weighted by Crippen LogP contribution is -2.12. The van der Waals surface area contributed by atoms with Crippen molar-refractivity contribution in [2.45, 2.75) is 13.1 Å². The van der Waals surface area contributed by atoms with Crippen molar-refractivity contribution in [3.05, 3.63) is 27.7 Å². The van der Waals surface area contributed by atoms with Gasteiger partial charge in [-0.3, -0.25) is 5.32 Å². The van der Waals surface area contributed by atoms with Gasteiger partial charge in [0.05, 0.1) is 5.56 Å². The van der Waals surface area contributed by atoms with Crippen LogP contribution in [0.2, 0.25) is 0 Å². The number of amides is 1. The summed E-state index contributed by atoms with van der Waals surface area (Å²) < 4.78 is 37.9. The summed E-state index contributed by atoms with van der Waals surface area (Å²) in [5.74, 6) is 0. The molecule has 1 aromatic carbocycles. The molecule has 0 saturated heterocycles. The summed E-state index contributed by atoms with van der Waals surface area (Å²) in [6.45, 7) is 1.30. The van der Waals surface area contributed by atoms with E-state index in [1.54, 1.807) is 0 Å². The van der Waals surface area contributed by atoms with E-state index in [0.717, 1.165) is 6.07 Å². The molecule has 1 rings (SSSR count). The van der Waals surface area contributed by atoms with Gasteiger partial charge in [-0.15, -0.1) is 0 Å². The zero-order valence-corrected chi connectivity index (χ0v) is 9.61. The fraction of sp³-hybridized carbons (Fsp3) is 0.222. The van der Waals surface area contributed by atoms with Gasteiger partial charge in [0, 0.05) is 10.2 Å². The molecule has 0 aliphatic heterocycles. The summed E-state index contributed by atoms with van der Waals surface area (Å²) in [5.41, 5.74) is -0.980. The topological polar surface area (TPSA) is 49.3 Å². The number of halogens is 4. The molecule has 2 N–H and O–H groups in total. The molecule has 7 heteroatoms. The van der Waals surface area contributed by atoms with E-state index >= 15 is 0 Å². The van der Waals surface area contributed by atoms with Crippen LogP contribution in [0.5, 0.6) is 0 Å². The van der Waals surface area contributed by atoms with Crippen LogP contribution in [-0.2, 0) is 6.18 Å². The van der Waals surface area contributed by atoms with Crippen LogP contribution in [0.25, 0.3) is 0 Å². The monoisotopic (exact) mass is 297 g/mol. The van der Waals surface area contributed by atoms with Crippen LogP contribution < -0.4 is 5.32 Å². The largest absolute Gasteiger partial charge is 0.465 e. The molecule has 0 heterocycles. The second kappa shape index (κ2) is 4.32. The van der Waals surface area contributed by atoms with Gasteiger partial charge < -0.3 is 5.11 Å². The fourth-order valence-corrected chi connectivity index (χ4v) is 1.63. The summed E-state index contributed by atoms with van der Waals surface area (Å²) >= 11 is 2.95. The molecular formula is C9H7BrF3NO2. The van der Waals surface area contributed by atoms with E-state index < -0.39 is 17.8 Å². The molecule has 1 amide bonds. The van der Waals surface area contributed by atoms with Gasteiger partial charge in [0.25, 0.3) is 0 Å². The molecule has 0 saturated carbocycles. The Labute approximate surface area is 97.4 Å². The van der Waals surface area contributed by atoms with Gasteiger partial charge in [-0.05, 0) is 24.6 Å². The zero-order chi connectivity index (χ0) is 12.5. The number of nitrogens with one attached hydrogen (secondary N) is 1. The van der Waals surface area contributed by atoms with E-state index in [1.807, 2.05) is 5.32 Å². The van der Waals surface area contributed by atoms with Crippen molar-refractivity contribution in [3.63, 3.8) is 0 Å². The standard InChI is InChI=1S/C9H7BrF3NO2/c1-4-6(9(11,12)13)2-5(3-7(4)10)14-8(15)16/h2-3,14H,1H3,(H,15,16). The van der Waals surface area contributed by atoms with Gasteiger partial charge in [0.1, 0.15) is 0 Å². The second-order valence-corrected chi connectivity index (χ2v) is 3.91. The predicted molar refractivity (Wildman–Crippen MR) is 55.5 cm³/mol. The summed E-state index contributed by atoms with van der Waals surface area (Å²) in [7, 11) is 0. The van der Waals surface area contributed by atoms with Gasteiger partial charge in [-0.2, -0.15) is 13.2 Å². The van der Waals surface area contributed by atoms with E-state index in [1.165, 1.54) is 13.0 Å². The number of carbonyl (C=O) groups is 1. The quantitative estimate of drug-likeness (QED) is 0.827. The SMILES string of the molecule is Cc1c(Br)cc(NC(=O)O)cc1C(F)(F)F. The third-order valence-electron chi connectivity index (χ3n) is 1.90. The highest BCUT2D eigenvalue weighted by Gasteiger charge is 2.33. The van der Waals surface area contributed by atoms with E-state index in [4.69, 9.17) is 5.11 Å². The average Bonchev–Trinajstić information content (AvgIpc) is 2.08. The highest BCUT2D eigenvalue weighted by atomic mass is 79.9. The Morgan fingerprint density at radius 2 is 2.00 bits per heavy atom. The van der Waals surface area contributed by atoms with Crippen molar-refractivity contribution in [3.8, 4) is 0 Å². The first-order valence-electron chi connectivity index (χ1n) is 4.09. The van der Waals surface area contributed by atoms with Crippen LogP contribution in [0, 0.1) is 6.92 Å². The van der Waals surface area contributed by atoms with Crippen molar-refractivity contribution in [1.82, 2.24) is 0 Å². The Morgan fingerprint density at radius 3 is 2.44 bits per heavy atom. The fourth-order valence-electron chi connectivity index (χ4n) is 1.17. The minimum absolute atomic E-state index is 0.0171. The number of hydrogen-bond acceptors (Lipinski definition) is 1. The third-order valence-corrected chi connectivity index (χ3v) is 2.72. The molecule has 0 aromatic heterocycles. The van der Waals surface area contributed by atoms with Crippen molar-refractivity contribution in [2.24, 2.45) is 0 Å². The van der Waals surface area contributed by atoms with Crippen molar-refractivity contribution in [1.29, 1.82) is 0 Å². The Kier molecular flexibility index (Phi) is 3.47. The molecule has 1 aromatic rings. The molecule has 0 fully saturated rings. The van der Waals surface area contributed by atoms with Crippen LogP contribution in [0.3, 0.4) is 0 Å². The molecular weight excluding hydrogens is 291 g/mol. The average molecular weight is 298 g/mol. The van der Waals surface area contributed by atoms with Crippen LogP contribution >= 0.6 is 15.9 Å². The maximum atomic E-state index is 12.6. The molecule has 16 heavy (non-hydrogen) atoms. The zero-order valence-electron chi connectivity index (χ0n) is 8.02. The van der Waals surface area contributed by atoms with Crippen molar-refractivity contribution >= 4 is 27.7 Å². The Balaban J connectivity index is 3.28. The second-order valence-electron chi connectivity index (χ2n) is 3.06. The summed E-state index contributed by atoms with van der Waals surface area (Å²) in [4.78, 5) is 10.3. The molecule has 0 unspecified atom stereocenters. The van der Waals surface area contributed by atoms with Crippen molar-refractivity contribution in [2.75, 3.05) is 5.32 Å². The van der Waals surface area contributed by atoms with E-state index in [2.05, 4.69) is 15.9 Å². The molecule has 0 radical (unpaired) electrons. The smallest absolute Gasteiger partial charge is 0.416 e. The third kappa shape index (κ3) is 2.88. The maximum absolute atomic E-state index is 12.6. The van der Waals surface area contributed by atoms with Gasteiger partial charge in [-0.1, -0.05) is 15.9 Å². The van der Waals surface area contributed by atoms with E-state index in [0.29, 0.717) is 0 Å². The van der Waals surface area contributed by atoms with Crippen LogP contribution in [0.15, 0.2) is 16.6 Å². The van der Waals surface area contributed by atoms with Gasteiger partial charge in [0.2, 0.25) is 0 Å². The summed E-state index contributed by atoms with van der Waals surface area (Å²) in [5, 5.41) is 10.3. The van der Waals surface area contributed by atoms with Crippen LogP contribution in [0.1, 0.15) is 11.1 Å². The first-order chi connectivity index (χ1) is 7.21. The van der Waals surface area contributed by atoms with Gasteiger partial charge in [-0.25, -0.2) is 4.79 Å². The maximum Gasteiger partial charge on any atom is 0.416 e. The lowest BCUT2D eigenvalue weighted by Gasteiger charge is -2.13. The predicted octanol–water partition coefficient (Wildman–Crippen LogP) is 3.87. The number of anilines is 1. The number of alkyl halides is 3. The summed E-state index contributed by atoms with van der Waals surface area (Å²) in [6, 6.07) is 2.03. The number of benzene rings is 1. The molecule has 88 valence electrons. The van der Waals surface area contributed by atoms with Crippen molar-refractivity contribution < 1.29 is 23.1 Å². The molecule has 0 aliphatic carbocycles. The number of hydrogen-bond donors (Lipinski definition) is 2. The minimum Gasteiger partial charge on any atom is -0.465 e. The highest BCUT2D eigenvalue weighted by Crippen LogP contribution is 2.36. The van der Waals surface area contributed by atoms with E-state index in [-0.39, 0.29) is 15.7 Å². The van der Waals surface area contributed by atoms with Crippen LogP contribution in [-0.4, -0.2) is 11.2 Å². The van der Waals surface area contributed by atoms with Gasteiger partial charge >= 0.3 is 12.3 Å². The Hall–Kier alpha value is -1.24. The lowest BCUT2D eigenvalue weighted by atomic mass is 10.1. The van der Waals surface area contributed by atoms with Crippen LogP contribution in [0.4, 0.5) is 23.7 Å². The number of rotatable bonds is 1.